The second-order valence-electron chi connectivity index (χ2n) is 4.75. The highest BCUT2D eigenvalue weighted by atomic mass is 79.9. The summed E-state index contributed by atoms with van der Waals surface area (Å²) in [5.41, 5.74) is 10.9. The molecule has 0 amide bonds. The van der Waals surface area contributed by atoms with Gasteiger partial charge in [-0.1, -0.05) is 45.8 Å². The molecular weight excluding hydrogens is 302 g/mol. The minimum Gasteiger partial charge on any atom is -0.496 e. The first kappa shape index (κ1) is 14.1. The molecule has 2 nitrogen and oxygen atoms in total. The van der Waals surface area contributed by atoms with Crippen LogP contribution in [0.3, 0.4) is 0 Å². The van der Waals surface area contributed by atoms with Crippen molar-refractivity contribution in [2.45, 2.75) is 19.9 Å². The highest BCUT2D eigenvalue weighted by Crippen LogP contribution is 2.33. The van der Waals surface area contributed by atoms with Gasteiger partial charge in [-0.25, -0.2) is 0 Å². The van der Waals surface area contributed by atoms with E-state index in [-0.39, 0.29) is 6.04 Å². The molecule has 2 N–H and O–H groups in total. The predicted molar refractivity (Wildman–Crippen MR) is 82.6 cm³/mol. The van der Waals surface area contributed by atoms with Gasteiger partial charge in [0.15, 0.2) is 0 Å². The van der Waals surface area contributed by atoms with E-state index in [0.29, 0.717) is 0 Å². The van der Waals surface area contributed by atoms with Crippen LogP contribution in [-0.2, 0) is 0 Å². The number of aryl methyl sites for hydroxylation is 2. The van der Waals surface area contributed by atoms with Crippen LogP contribution in [0, 0.1) is 13.8 Å². The van der Waals surface area contributed by atoms with Gasteiger partial charge < -0.3 is 10.5 Å². The Bertz CT molecular complexity index is 595. The summed E-state index contributed by atoms with van der Waals surface area (Å²) in [5.74, 6) is 0.825. The lowest BCUT2D eigenvalue weighted by Gasteiger charge is -2.18. The van der Waals surface area contributed by atoms with Crippen molar-refractivity contribution in [3.63, 3.8) is 0 Å². The van der Waals surface area contributed by atoms with Gasteiger partial charge in [0, 0.05) is 10.0 Å². The van der Waals surface area contributed by atoms with Crippen LogP contribution >= 0.6 is 15.9 Å². The molecule has 100 valence electrons. The molecule has 0 aromatic heterocycles. The summed E-state index contributed by atoms with van der Waals surface area (Å²) in [5, 5.41) is 0. The van der Waals surface area contributed by atoms with E-state index in [1.165, 1.54) is 11.1 Å². The van der Waals surface area contributed by atoms with Crippen molar-refractivity contribution in [1.29, 1.82) is 0 Å². The lowest BCUT2D eigenvalue weighted by atomic mass is 9.96. The third kappa shape index (κ3) is 2.99. The maximum absolute atomic E-state index is 6.40. The van der Waals surface area contributed by atoms with E-state index in [2.05, 4.69) is 54.0 Å². The first-order chi connectivity index (χ1) is 9.02. The molecule has 1 unspecified atom stereocenters. The Kier molecular flexibility index (Phi) is 4.27. The van der Waals surface area contributed by atoms with Crippen LogP contribution in [0.2, 0.25) is 0 Å². The number of ether oxygens (including phenoxy) is 1. The van der Waals surface area contributed by atoms with Gasteiger partial charge in [0.05, 0.1) is 13.2 Å². The van der Waals surface area contributed by atoms with Gasteiger partial charge in [-0.3, -0.25) is 0 Å². The summed E-state index contributed by atoms with van der Waals surface area (Å²) in [6, 6.07) is 12.1. The molecule has 19 heavy (non-hydrogen) atoms. The van der Waals surface area contributed by atoms with Crippen molar-refractivity contribution in [3.8, 4) is 5.75 Å². The molecule has 0 bridgehead atoms. The van der Waals surface area contributed by atoms with Crippen LogP contribution in [0.5, 0.6) is 5.75 Å². The Labute approximate surface area is 122 Å². The summed E-state index contributed by atoms with van der Waals surface area (Å²) in [7, 11) is 1.67. The Morgan fingerprint density at radius 2 is 1.63 bits per heavy atom. The summed E-state index contributed by atoms with van der Waals surface area (Å²) in [6.07, 6.45) is 0. The van der Waals surface area contributed by atoms with Gasteiger partial charge >= 0.3 is 0 Å². The van der Waals surface area contributed by atoms with Gasteiger partial charge in [-0.05, 0) is 37.1 Å². The van der Waals surface area contributed by atoms with Gasteiger partial charge in [0.1, 0.15) is 5.75 Å². The number of hydrogen-bond donors (Lipinski definition) is 1. The fraction of sp³-hybridized carbons (Fsp3) is 0.250. The monoisotopic (exact) mass is 319 g/mol. The molecule has 2 rings (SSSR count). The van der Waals surface area contributed by atoms with Crippen LogP contribution in [0.1, 0.15) is 28.3 Å². The van der Waals surface area contributed by atoms with E-state index >= 15 is 0 Å². The van der Waals surface area contributed by atoms with Crippen molar-refractivity contribution >= 4 is 15.9 Å². The van der Waals surface area contributed by atoms with E-state index in [0.717, 1.165) is 21.3 Å². The molecule has 0 aliphatic rings. The van der Waals surface area contributed by atoms with Crippen LogP contribution in [0.15, 0.2) is 40.9 Å². The van der Waals surface area contributed by atoms with Crippen LogP contribution < -0.4 is 10.5 Å². The Balaban J connectivity index is 2.49. The van der Waals surface area contributed by atoms with Crippen LogP contribution in [0.25, 0.3) is 0 Å². The summed E-state index contributed by atoms with van der Waals surface area (Å²) < 4.78 is 6.44. The molecule has 0 saturated carbocycles. The molecule has 0 radical (unpaired) electrons. The van der Waals surface area contributed by atoms with Crippen LogP contribution in [-0.4, -0.2) is 7.11 Å². The summed E-state index contributed by atoms with van der Waals surface area (Å²) in [6.45, 7) is 4.12. The fourth-order valence-corrected chi connectivity index (χ4v) is 2.89. The molecule has 0 fully saturated rings. The second kappa shape index (κ2) is 5.76. The maximum Gasteiger partial charge on any atom is 0.123 e. The van der Waals surface area contributed by atoms with E-state index < -0.39 is 0 Å². The van der Waals surface area contributed by atoms with Crippen molar-refractivity contribution < 1.29 is 4.74 Å². The highest BCUT2D eigenvalue weighted by Gasteiger charge is 2.16. The molecule has 0 aliphatic carbocycles. The molecule has 2 aromatic carbocycles. The highest BCUT2D eigenvalue weighted by molar-refractivity contribution is 9.10. The fourth-order valence-electron chi connectivity index (χ4n) is 2.15. The molecule has 3 heteroatoms. The molecule has 0 saturated heterocycles. The average molecular weight is 320 g/mol. The van der Waals surface area contributed by atoms with E-state index in [1.807, 2.05) is 12.1 Å². The lowest BCUT2D eigenvalue weighted by Crippen LogP contribution is -2.14. The Hall–Kier alpha value is -1.32. The minimum atomic E-state index is -0.204. The van der Waals surface area contributed by atoms with Crippen LogP contribution in [0.4, 0.5) is 0 Å². The standard InChI is InChI=1S/C16H18BrNO/c1-10-5-7-15(19-3)13(8-10)16(18)12-6-4-11(2)9-14(12)17/h4-9,16H,18H2,1-3H3. The first-order valence-electron chi connectivity index (χ1n) is 6.19. The minimum absolute atomic E-state index is 0.204. The van der Waals surface area contributed by atoms with E-state index in [9.17, 15) is 0 Å². The number of benzene rings is 2. The SMILES string of the molecule is COc1ccc(C)cc1C(N)c1ccc(C)cc1Br. The van der Waals surface area contributed by atoms with Crippen molar-refractivity contribution in [2.75, 3.05) is 7.11 Å². The zero-order valence-corrected chi connectivity index (χ0v) is 13.0. The summed E-state index contributed by atoms with van der Waals surface area (Å²) >= 11 is 3.59. The number of halogens is 1. The average Bonchev–Trinajstić information content (AvgIpc) is 2.38. The third-order valence-corrected chi connectivity index (χ3v) is 3.90. The normalized spacial score (nSPS) is 12.3. The molecule has 0 spiro atoms. The van der Waals surface area contributed by atoms with Gasteiger partial charge in [0.25, 0.3) is 0 Å². The molecule has 2 aromatic rings. The quantitative estimate of drug-likeness (QED) is 0.923. The smallest absolute Gasteiger partial charge is 0.123 e. The van der Waals surface area contributed by atoms with Crippen molar-refractivity contribution in [1.82, 2.24) is 0 Å². The van der Waals surface area contributed by atoms with E-state index in [1.54, 1.807) is 7.11 Å². The predicted octanol–water partition coefficient (Wildman–Crippen LogP) is 4.12. The molecular formula is C16H18BrNO. The Morgan fingerprint density at radius 3 is 2.26 bits per heavy atom. The van der Waals surface area contributed by atoms with E-state index in [4.69, 9.17) is 10.5 Å². The van der Waals surface area contributed by atoms with Gasteiger partial charge in [0.2, 0.25) is 0 Å². The third-order valence-electron chi connectivity index (χ3n) is 3.21. The largest absolute Gasteiger partial charge is 0.496 e. The zero-order valence-electron chi connectivity index (χ0n) is 11.4. The molecule has 0 aliphatic heterocycles. The molecule has 1 atom stereocenters. The van der Waals surface area contributed by atoms with Crippen molar-refractivity contribution in [2.24, 2.45) is 5.73 Å². The zero-order chi connectivity index (χ0) is 14.0. The lowest BCUT2D eigenvalue weighted by molar-refractivity contribution is 0.407. The topological polar surface area (TPSA) is 35.2 Å². The number of methoxy groups -OCH3 is 1. The Morgan fingerprint density at radius 1 is 1.00 bits per heavy atom. The van der Waals surface area contributed by atoms with Crippen molar-refractivity contribution in [3.05, 3.63) is 63.1 Å². The number of nitrogens with two attached hydrogens (primary N) is 1. The van der Waals surface area contributed by atoms with Gasteiger partial charge in [-0.2, -0.15) is 0 Å². The number of hydrogen-bond acceptors (Lipinski definition) is 2. The molecule has 0 heterocycles. The van der Waals surface area contributed by atoms with Gasteiger partial charge in [-0.15, -0.1) is 0 Å². The first-order valence-corrected chi connectivity index (χ1v) is 6.98. The summed E-state index contributed by atoms with van der Waals surface area (Å²) in [4.78, 5) is 0. The second-order valence-corrected chi connectivity index (χ2v) is 5.60. The number of rotatable bonds is 3. The maximum atomic E-state index is 6.40.